The van der Waals surface area contributed by atoms with Crippen LogP contribution in [0.2, 0.25) is 0 Å². The van der Waals surface area contributed by atoms with Gasteiger partial charge in [-0.1, -0.05) is 5.16 Å². The second kappa shape index (κ2) is 7.60. The van der Waals surface area contributed by atoms with Crippen LogP contribution >= 0.6 is 0 Å². The third-order valence-electron chi connectivity index (χ3n) is 3.83. The molecule has 10 nitrogen and oxygen atoms in total. The zero-order valence-electron chi connectivity index (χ0n) is 14.2. The molecule has 0 aliphatic carbocycles. The maximum absolute atomic E-state index is 10.9. The van der Waals surface area contributed by atoms with Gasteiger partial charge in [0.1, 0.15) is 5.75 Å². The molecule has 0 spiro atoms. The summed E-state index contributed by atoms with van der Waals surface area (Å²) in [6.45, 7) is 0. The number of hydrogen-bond acceptors (Lipinski definition) is 8. The summed E-state index contributed by atoms with van der Waals surface area (Å²) in [6.07, 6.45) is 0.578. The lowest BCUT2D eigenvalue weighted by molar-refractivity contribution is -0.394. The minimum absolute atomic E-state index is 0.284. The Hall–Kier alpha value is -3.82. The molecule has 0 amide bonds. The van der Waals surface area contributed by atoms with Gasteiger partial charge in [0.15, 0.2) is 0 Å². The molecule has 1 aromatic heterocycles. The Bertz CT molecular complexity index is 951. The fourth-order valence-electron chi connectivity index (χ4n) is 2.48. The van der Waals surface area contributed by atoms with E-state index >= 15 is 0 Å². The molecular weight excluding hydrogens is 356 g/mol. The topological polar surface area (TPSA) is 134 Å². The van der Waals surface area contributed by atoms with Crippen LogP contribution in [0.1, 0.15) is 11.5 Å². The van der Waals surface area contributed by atoms with E-state index in [-0.39, 0.29) is 17.8 Å². The molecule has 2 aromatic carbocycles. The maximum atomic E-state index is 10.9. The van der Waals surface area contributed by atoms with Crippen molar-refractivity contribution in [3.63, 3.8) is 0 Å². The van der Waals surface area contributed by atoms with Gasteiger partial charge in [-0.15, -0.1) is 0 Å². The predicted octanol–water partition coefficient (Wildman–Crippen LogP) is 3.35. The van der Waals surface area contributed by atoms with Gasteiger partial charge in [0.25, 0.3) is 11.4 Å². The summed E-state index contributed by atoms with van der Waals surface area (Å²) in [5.74, 6) is 1.43. The fraction of sp³-hybridized carbons (Fsp3) is 0.176. The average molecular weight is 370 g/mol. The van der Waals surface area contributed by atoms with Crippen molar-refractivity contribution in [3.05, 3.63) is 74.1 Å². The molecule has 27 heavy (non-hydrogen) atoms. The number of nitro groups is 2. The van der Waals surface area contributed by atoms with Crippen molar-refractivity contribution in [2.75, 3.05) is 7.11 Å². The standard InChI is InChI=1S/C17H14N4O6/c1-26-15-5-3-12(4-6-15)17-18-16(27-19-17)7-2-11-8-13(20(22)23)10-14(9-11)21(24)25/h3-6,8-10H,2,7H2,1H3. The number of hydrogen-bond donors (Lipinski definition) is 0. The van der Waals surface area contributed by atoms with E-state index in [1.54, 1.807) is 31.4 Å². The lowest BCUT2D eigenvalue weighted by Crippen LogP contribution is -1.97. The van der Waals surface area contributed by atoms with Gasteiger partial charge in [0, 0.05) is 24.1 Å². The molecule has 0 unspecified atom stereocenters. The Balaban J connectivity index is 1.74. The SMILES string of the molecule is COc1ccc(-c2noc(CCc3cc([N+](=O)[O-])cc([N+](=O)[O-])c3)n2)cc1. The third kappa shape index (κ3) is 4.24. The molecule has 0 aliphatic rings. The summed E-state index contributed by atoms with van der Waals surface area (Å²) in [6, 6.07) is 10.6. The lowest BCUT2D eigenvalue weighted by atomic mass is 10.1. The first-order chi connectivity index (χ1) is 13.0. The van der Waals surface area contributed by atoms with Crippen LogP contribution in [0.3, 0.4) is 0 Å². The van der Waals surface area contributed by atoms with Gasteiger partial charge < -0.3 is 9.26 Å². The molecule has 0 saturated carbocycles. The van der Waals surface area contributed by atoms with Crippen LogP contribution in [0, 0.1) is 20.2 Å². The highest BCUT2D eigenvalue weighted by Crippen LogP contribution is 2.24. The van der Waals surface area contributed by atoms with Gasteiger partial charge >= 0.3 is 0 Å². The monoisotopic (exact) mass is 370 g/mol. The Labute approximate surface area is 152 Å². The second-order valence-corrected chi connectivity index (χ2v) is 5.61. The highest BCUT2D eigenvalue weighted by Gasteiger charge is 2.17. The quantitative estimate of drug-likeness (QED) is 0.456. The number of nitrogens with zero attached hydrogens (tertiary/aromatic N) is 4. The smallest absolute Gasteiger partial charge is 0.276 e. The molecule has 0 saturated heterocycles. The number of aryl methyl sites for hydroxylation is 2. The van der Waals surface area contributed by atoms with E-state index in [0.29, 0.717) is 29.4 Å². The first-order valence-electron chi connectivity index (χ1n) is 7.86. The highest BCUT2D eigenvalue weighted by molar-refractivity contribution is 5.55. The normalized spacial score (nSPS) is 10.6. The molecule has 0 aliphatic heterocycles. The first-order valence-corrected chi connectivity index (χ1v) is 7.86. The summed E-state index contributed by atoms with van der Waals surface area (Å²) < 4.78 is 10.3. The molecule has 0 radical (unpaired) electrons. The van der Waals surface area contributed by atoms with Crippen molar-refractivity contribution >= 4 is 11.4 Å². The van der Waals surface area contributed by atoms with Crippen LogP contribution < -0.4 is 4.74 Å². The molecule has 0 N–H and O–H groups in total. The van der Waals surface area contributed by atoms with Crippen molar-refractivity contribution < 1.29 is 19.1 Å². The van der Waals surface area contributed by atoms with Crippen molar-refractivity contribution in [1.29, 1.82) is 0 Å². The number of ether oxygens (including phenoxy) is 1. The van der Waals surface area contributed by atoms with Gasteiger partial charge in [-0.2, -0.15) is 4.98 Å². The van der Waals surface area contributed by atoms with Crippen molar-refractivity contribution in [1.82, 2.24) is 10.1 Å². The van der Waals surface area contributed by atoms with E-state index < -0.39 is 9.85 Å². The van der Waals surface area contributed by atoms with E-state index in [9.17, 15) is 20.2 Å². The molecule has 3 aromatic rings. The predicted molar refractivity (Wildman–Crippen MR) is 93.4 cm³/mol. The number of non-ortho nitro benzene ring substituents is 2. The summed E-state index contributed by atoms with van der Waals surface area (Å²) in [5.41, 5.74) is 0.532. The minimum atomic E-state index is -0.662. The average Bonchev–Trinajstić information content (AvgIpc) is 3.15. The first kappa shape index (κ1) is 18.0. The number of benzene rings is 2. The van der Waals surface area contributed by atoms with Crippen LogP contribution in [0.25, 0.3) is 11.4 Å². The molecule has 0 fully saturated rings. The maximum Gasteiger partial charge on any atom is 0.276 e. The van der Waals surface area contributed by atoms with E-state index in [1.165, 1.54) is 12.1 Å². The van der Waals surface area contributed by atoms with Crippen LogP contribution in [-0.2, 0) is 12.8 Å². The summed E-state index contributed by atoms with van der Waals surface area (Å²) in [4.78, 5) is 24.8. The van der Waals surface area contributed by atoms with Crippen LogP contribution in [0.5, 0.6) is 5.75 Å². The second-order valence-electron chi connectivity index (χ2n) is 5.61. The third-order valence-corrected chi connectivity index (χ3v) is 3.83. The summed E-state index contributed by atoms with van der Waals surface area (Å²) in [7, 11) is 1.57. The zero-order valence-corrected chi connectivity index (χ0v) is 14.2. The number of nitro benzene ring substituents is 2. The van der Waals surface area contributed by atoms with Crippen molar-refractivity contribution in [3.8, 4) is 17.1 Å². The molecule has 1 heterocycles. The minimum Gasteiger partial charge on any atom is -0.497 e. The van der Waals surface area contributed by atoms with Gasteiger partial charge in [0.2, 0.25) is 11.7 Å². The number of aromatic nitrogens is 2. The van der Waals surface area contributed by atoms with Crippen molar-refractivity contribution in [2.24, 2.45) is 0 Å². The van der Waals surface area contributed by atoms with Gasteiger partial charge in [-0.05, 0) is 36.2 Å². The fourth-order valence-corrected chi connectivity index (χ4v) is 2.48. The van der Waals surface area contributed by atoms with E-state index in [4.69, 9.17) is 9.26 Å². The Morgan fingerprint density at radius 1 is 1.00 bits per heavy atom. The summed E-state index contributed by atoms with van der Waals surface area (Å²) in [5, 5.41) is 25.8. The number of rotatable bonds is 7. The van der Waals surface area contributed by atoms with Gasteiger partial charge in [-0.3, -0.25) is 20.2 Å². The zero-order chi connectivity index (χ0) is 19.4. The van der Waals surface area contributed by atoms with Gasteiger partial charge in [0.05, 0.1) is 23.0 Å². The van der Waals surface area contributed by atoms with Crippen LogP contribution in [0.4, 0.5) is 11.4 Å². The largest absolute Gasteiger partial charge is 0.497 e. The Morgan fingerprint density at radius 3 is 2.19 bits per heavy atom. The van der Waals surface area contributed by atoms with Crippen LogP contribution in [0.15, 0.2) is 47.0 Å². The van der Waals surface area contributed by atoms with Gasteiger partial charge in [-0.25, -0.2) is 0 Å². The lowest BCUT2D eigenvalue weighted by Gasteiger charge is -2.00. The van der Waals surface area contributed by atoms with Crippen LogP contribution in [-0.4, -0.2) is 27.1 Å². The Morgan fingerprint density at radius 2 is 1.63 bits per heavy atom. The summed E-state index contributed by atoms with van der Waals surface area (Å²) >= 11 is 0. The Kier molecular flexibility index (Phi) is 5.06. The molecular formula is C17H14N4O6. The molecule has 138 valence electrons. The molecule has 3 rings (SSSR count). The van der Waals surface area contributed by atoms with E-state index in [1.807, 2.05) is 0 Å². The van der Waals surface area contributed by atoms with Crippen molar-refractivity contribution in [2.45, 2.75) is 12.8 Å². The molecule has 10 heteroatoms. The van der Waals surface area contributed by atoms with E-state index in [2.05, 4.69) is 10.1 Å². The van der Waals surface area contributed by atoms with E-state index in [0.717, 1.165) is 11.6 Å². The molecule has 0 bridgehead atoms. The molecule has 0 atom stereocenters. The number of methoxy groups -OCH3 is 1. The highest BCUT2D eigenvalue weighted by atomic mass is 16.6.